The third-order valence-electron chi connectivity index (χ3n) is 4.15. The van der Waals surface area contributed by atoms with E-state index in [0.717, 1.165) is 23.1 Å². The first kappa shape index (κ1) is 20.8. The number of hydrogen-bond donors (Lipinski definition) is 1. The number of nitrogens with one attached hydrogen (secondary N) is 1. The Labute approximate surface area is 161 Å². The van der Waals surface area contributed by atoms with Gasteiger partial charge < -0.3 is 10.1 Å². The van der Waals surface area contributed by atoms with Crippen molar-refractivity contribution >= 4 is 21.6 Å². The highest BCUT2D eigenvalue weighted by Crippen LogP contribution is 2.22. The Kier molecular flexibility index (Phi) is 6.49. The zero-order chi connectivity index (χ0) is 20.2. The minimum absolute atomic E-state index is 0.226. The molecule has 2 aromatic rings. The number of ether oxygens (including phenoxy) is 1. The number of rotatable bonds is 7. The number of anilines is 1. The molecule has 0 aliphatic carbocycles. The predicted molar refractivity (Wildman–Crippen MR) is 108 cm³/mol. The average Bonchev–Trinajstić information content (AvgIpc) is 2.56. The van der Waals surface area contributed by atoms with Crippen LogP contribution in [0.25, 0.3) is 0 Å². The van der Waals surface area contributed by atoms with Crippen LogP contribution in [0.3, 0.4) is 0 Å². The van der Waals surface area contributed by atoms with Crippen molar-refractivity contribution in [1.82, 2.24) is 5.32 Å². The topological polar surface area (TPSA) is 75.7 Å². The molecule has 0 fully saturated rings. The summed E-state index contributed by atoms with van der Waals surface area (Å²) in [7, 11) is -1.86. The fourth-order valence-corrected chi connectivity index (χ4v) is 3.34. The second-order valence-corrected chi connectivity index (χ2v) is 8.67. The molecule has 0 aliphatic rings. The molecule has 0 heterocycles. The van der Waals surface area contributed by atoms with Crippen LogP contribution in [-0.4, -0.2) is 40.8 Å². The van der Waals surface area contributed by atoms with E-state index in [0.29, 0.717) is 30.0 Å². The van der Waals surface area contributed by atoms with E-state index in [1.165, 1.54) is 11.4 Å². The smallest absolute Gasteiger partial charge is 0.251 e. The zero-order valence-electron chi connectivity index (χ0n) is 16.4. The molecule has 146 valence electrons. The normalized spacial score (nSPS) is 11.1. The monoisotopic (exact) mass is 390 g/mol. The minimum Gasteiger partial charge on any atom is -0.492 e. The summed E-state index contributed by atoms with van der Waals surface area (Å²) in [5.74, 6) is 0.557. The van der Waals surface area contributed by atoms with Crippen LogP contribution in [0.2, 0.25) is 0 Å². The van der Waals surface area contributed by atoms with Gasteiger partial charge in [0.2, 0.25) is 10.0 Å². The van der Waals surface area contributed by atoms with E-state index in [4.69, 9.17) is 4.74 Å². The summed E-state index contributed by atoms with van der Waals surface area (Å²) in [4.78, 5) is 12.3. The Balaban J connectivity index is 1.93. The molecule has 2 rings (SSSR count). The number of amides is 1. The van der Waals surface area contributed by atoms with E-state index in [1.54, 1.807) is 25.1 Å². The molecule has 0 aliphatic heterocycles. The summed E-state index contributed by atoms with van der Waals surface area (Å²) in [6.45, 7) is 6.53. The van der Waals surface area contributed by atoms with Crippen molar-refractivity contribution in [2.24, 2.45) is 0 Å². The first-order valence-electron chi connectivity index (χ1n) is 8.62. The van der Waals surface area contributed by atoms with Crippen LogP contribution >= 0.6 is 0 Å². The van der Waals surface area contributed by atoms with Gasteiger partial charge in [-0.25, -0.2) is 8.42 Å². The summed E-state index contributed by atoms with van der Waals surface area (Å²) in [5, 5.41) is 2.81. The molecule has 6 nitrogen and oxygen atoms in total. The van der Waals surface area contributed by atoms with Gasteiger partial charge in [0, 0.05) is 12.6 Å². The standard InChI is InChI=1S/C20H26N2O4S/c1-14-10-15(2)12-18(11-14)26-9-8-21-20(23)17-6-7-19(16(3)13-17)22(4)27(5,24)25/h6-7,10-13H,8-9H2,1-5H3,(H,21,23). The summed E-state index contributed by atoms with van der Waals surface area (Å²) in [6, 6.07) is 10.9. The SMILES string of the molecule is Cc1cc(C)cc(OCCNC(=O)c2ccc(N(C)S(C)(=O)=O)c(C)c2)c1. The molecule has 0 unspecified atom stereocenters. The lowest BCUT2D eigenvalue weighted by atomic mass is 10.1. The Morgan fingerprint density at radius 2 is 1.70 bits per heavy atom. The van der Waals surface area contributed by atoms with Crippen LogP contribution < -0.4 is 14.4 Å². The largest absolute Gasteiger partial charge is 0.492 e. The molecule has 0 aromatic heterocycles. The molecule has 0 saturated heterocycles. The summed E-state index contributed by atoms with van der Waals surface area (Å²) < 4.78 is 30.2. The van der Waals surface area contributed by atoms with E-state index in [-0.39, 0.29) is 5.91 Å². The fourth-order valence-electron chi connectivity index (χ4n) is 2.78. The fraction of sp³-hybridized carbons (Fsp3) is 0.350. The lowest BCUT2D eigenvalue weighted by molar-refractivity contribution is 0.0947. The van der Waals surface area contributed by atoms with Gasteiger partial charge in [0.1, 0.15) is 12.4 Å². The number of carbonyl (C=O) groups excluding carboxylic acids is 1. The number of nitrogens with zero attached hydrogens (tertiary/aromatic N) is 1. The Morgan fingerprint density at radius 3 is 2.26 bits per heavy atom. The lowest BCUT2D eigenvalue weighted by Crippen LogP contribution is -2.29. The van der Waals surface area contributed by atoms with Crippen molar-refractivity contribution in [1.29, 1.82) is 0 Å². The van der Waals surface area contributed by atoms with Gasteiger partial charge >= 0.3 is 0 Å². The van der Waals surface area contributed by atoms with Crippen molar-refractivity contribution in [3.05, 3.63) is 58.7 Å². The van der Waals surface area contributed by atoms with Gasteiger partial charge in [0.25, 0.3) is 5.91 Å². The Bertz CT molecular complexity index is 919. The Hall–Kier alpha value is -2.54. The molecule has 2 aromatic carbocycles. The van der Waals surface area contributed by atoms with Gasteiger partial charge in [-0.05, 0) is 67.8 Å². The van der Waals surface area contributed by atoms with Gasteiger partial charge in [0.05, 0.1) is 18.5 Å². The van der Waals surface area contributed by atoms with Crippen LogP contribution in [0, 0.1) is 20.8 Å². The number of benzene rings is 2. The quantitative estimate of drug-likeness (QED) is 0.738. The summed E-state index contributed by atoms with van der Waals surface area (Å²) in [5.41, 5.74) is 3.99. The first-order valence-corrected chi connectivity index (χ1v) is 10.5. The highest BCUT2D eigenvalue weighted by Gasteiger charge is 2.15. The van der Waals surface area contributed by atoms with Crippen LogP contribution in [-0.2, 0) is 10.0 Å². The average molecular weight is 391 g/mol. The predicted octanol–water partition coefficient (Wildman–Crippen LogP) is 2.82. The van der Waals surface area contributed by atoms with E-state index in [1.807, 2.05) is 26.0 Å². The molecule has 7 heteroatoms. The van der Waals surface area contributed by atoms with Crippen molar-refractivity contribution in [3.63, 3.8) is 0 Å². The van der Waals surface area contributed by atoms with Crippen LogP contribution in [0.1, 0.15) is 27.0 Å². The van der Waals surface area contributed by atoms with Crippen molar-refractivity contribution < 1.29 is 17.9 Å². The molecule has 0 atom stereocenters. The number of hydrogen-bond acceptors (Lipinski definition) is 4. The molecule has 1 N–H and O–H groups in total. The van der Waals surface area contributed by atoms with E-state index >= 15 is 0 Å². The van der Waals surface area contributed by atoms with Crippen LogP contribution in [0.15, 0.2) is 36.4 Å². The third-order valence-corrected chi connectivity index (χ3v) is 5.34. The van der Waals surface area contributed by atoms with Crippen molar-refractivity contribution in [2.75, 3.05) is 30.8 Å². The van der Waals surface area contributed by atoms with Crippen molar-refractivity contribution in [3.8, 4) is 5.75 Å². The molecule has 27 heavy (non-hydrogen) atoms. The van der Waals surface area contributed by atoms with Crippen molar-refractivity contribution in [2.45, 2.75) is 20.8 Å². The lowest BCUT2D eigenvalue weighted by Gasteiger charge is -2.19. The number of sulfonamides is 1. The van der Waals surface area contributed by atoms with E-state index < -0.39 is 10.0 Å². The van der Waals surface area contributed by atoms with Gasteiger partial charge in [-0.15, -0.1) is 0 Å². The second kappa shape index (κ2) is 8.43. The molecule has 0 radical (unpaired) electrons. The first-order chi connectivity index (χ1) is 12.6. The molecule has 0 spiro atoms. The molecule has 0 bridgehead atoms. The van der Waals surface area contributed by atoms with E-state index in [9.17, 15) is 13.2 Å². The molecular weight excluding hydrogens is 364 g/mol. The summed E-state index contributed by atoms with van der Waals surface area (Å²) in [6.07, 6.45) is 1.14. The maximum atomic E-state index is 12.3. The minimum atomic E-state index is -3.35. The maximum Gasteiger partial charge on any atom is 0.251 e. The number of aryl methyl sites for hydroxylation is 3. The number of carbonyl (C=O) groups is 1. The van der Waals surface area contributed by atoms with Gasteiger partial charge in [0.15, 0.2) is 0 Å². The van der Waals surface area contributed by atoms with Gasteiger partial charge in [-0.3, -0.25) is 9.10 Å². The molecular formula is C20H26N2O4S. The summed E-state index contributed by atoms with van der Waals surface area (Å²) >= 11 is 0. The van der Waals surface area contributed by atoms with Crippen LogP contribution in [0.5, 0.6) is 5.75 Å². The highest BCUT2D eigenvalue weighted by atomic mass is 32.2. The van der Waals surface area contributed by atoms with Crippen LogP contribution in [0.4, 0.5) is 5.69 Å². The highest BCUT2D eigenvalue weighted by molar-refractivity contribution is 7.92. The second-order valence-electron chi connectivity index (χ2n) is 6.66. The van der Waals surface area contributed by atoms with Gasteiger partial charge in [-0.1, -0.05) is 6.07 Å². The third kappa shape index (κ3) is 5.72. The molecule has 0 saturated carbocycles. The zero-order valence-corrected chi connectivity index (χ0v) is 17.2. The Morgan fingerprint density at radius 1 is 1.07 bits per heavy atom. The van der Waals surface area contributed by atoms with E-state index in [2.05, 4.69) is 11.4 Å². The maximum absolute atomic E-state index is 12.3. The van der Waals surface area contributed by atoms with Gasteiger partial charge in [-0.2, -0.15) is 0 Å². The molecule has 1 amide bonds.